The summed E-state index contributed by atoms with van der Waals surface area (Å²) in [5.74, 6) is -0.119. The number of alkyl halides is 1. The molecule has 0 heterocycles. The zero-order valence-electron chi connectivity index (χ0n) is 8.27. The van der Waals surface area contributed by atoms with Crippen LogP contribution in [0.15, 0.2) is 18.2 Å². The summed E-state index contributed by atoms with van der Waals surface area (Å²) in [6.07, 6.45) is 0. The van der Waals surface area contributed by atoms with E-state index < -0.39 is 4.32 Å². The van der Waals surface area contributed by atoms with Gasteiger partial charge in [-0.1, -0.05) is 27.5 Å². The van der Waals surface area contributed by atoms with Crippen LogP contribution in [0.25, 0.3) is 0 Å². The predicted octanol–water partition coefficient (Wildman–Crippen LogP) is 4.06. The molecule has 0 atom stereocenters. The lowest BCUT2D eigenvalue weighted by Crippen LogP contribution is -2.31. The molecule has 0 unspecified atom stereocenters. The number of carbonyl (C=O) groups is 1. The van der Waals surface area contributed by atoms with E-state index >= 15 is 0 Å². The minimum atomic E-state index is -0.600. The second-order valence-electron chi connectivity index (χ2n) is 3.55. The molecule has 1 amide bonds. The summed E-state index contributed by atoms with van der Waals surface area (Å²) in [5.41, 5.74) is 0.640. The van der Waals surface area contributed by atoms with Crippen LogP contribution >= 0.6 is 50.1 Å². The summed E-state index contributed by atoms with van der Waals surface area (Å²) in [7, 11) is 0. The van der Waals surface area contributed by atoms with Crippen LogP contribution in [0, 0.1) is 3.57 Å². The molecule has 0 aromatic heterocycles. The molecule has 15 heavy (non-hydrogen) atoms. The lowest BCUT2D eigenvalue weighted by molar-refractivity contribution is -0.117. The van der Waals surface area contributed by atoms with Gasteiger partial charge in [-0.25, -0.2) is 0 Å². The summed E-state index contributed by atoms with van der Waals surface area (Å²) in [6, 6.07) is 5.48. The van der Waals surface area contributed by atoms with Gasteiger partial charge in [0.05, 0.1) is 15.0 Å². The van der Waals surface area contributed by atoms with Gasteiger partial charge in [0.25, 0.3) is 0 Å². The van der Waals surface area contributed by atoms with Gasteiger partial charge in [0.15, 0.2) is 0 Å². The summed E-state index contributed by atoms with van der Waals surface area (Å²) < 4.78 is 0.428. The smallest absolute Gasteiger partial charge is 0.240 e. The van der Waals surface area contributed by atoms with Crippen molar-refractivity contribution in [1.82, 2.24) is 0 Å². The van der Waals surface area contributed by atoms with Crippen LogP contribution in [-0.4, -0.2) is 10.2 Å². The Bertz CT molecular complexity index is 389. The Morgan fingerprint density at radius 2 is 2.13 bits per heavy atom. The molecule has 82 valence electrons. The number of nitrogens with one attached hydrogen (secondary N) is 1. The number of amides is 1. The molecule has 5 heteroatoms. The van der Waals surface area contributed by atoms with Crippen molar-refractivity contribution >= 4 is 61.7 Å². The third-order valence-corrected chi connectivity index (χ3v) is 3.08. The van der Waals surface area contributed by atoms with Gasteiger partial charge >= 0.3 is 0 Å². The van der Waals surface area contributed by atoms with E-state index in [2.05, 4.69) is 43.8 Å². The highest BCUT2D eigenvalue weighted by molar-refractivity contribution is 14.1. The highest BCUT2D eigenvalue weighted by atomic mass is 127. The molecular weight excluding hydrogens is 392 g/mol. The van der Waals surface area contributed by atoms with Crippen molar-refractivity contribution in [2.24, 2.45) is 0 Å². The molecule has 0 bridgehead atoms. The van der Waals surface area contributed by atoms with Gasteiger partial charge in [-0.05, 0) is 54.6 Å². The lowest BCUT2D eigenvalue weighted by Gasteiger charge is -2.16. The van der Waals surface area contributed by atoms with Crippen molar-refractivity contribution in [2.75, 3.05) is 5.32 Å². The molecule has 0 aliphatic rings. The fraction of sp³-hybridized carbons (Fsp3) is 0.300. The molecule has 0 aliphatic carbocycles. The maximum absolute atomic E-state index is 11.7. The summed E-state index contributed by atoms with van der Waals surface area (Å²) in [4.78, 5) is 11.7. The van der Waals surface area contributed by atoms with Crippen LogP contribution in [0.1, 0.15) is 13.8 Å². The van der Waals surface area contributed by atoms with Gasteiger partial charge in [-0.2, -0.15) is 0 Å². The fourth-order valence-corrected chi connectivity index (χ4v) is 1.62. The van der Waals surface area contributed by atoms with Crippen molar-refractivity contribution in [3.8, 4) is 0 Å². The maximum atomic E-state index is 11.7. The van der Waals surface area contributed by atoms with Crippen molar-refractivity contribution in [2.45, 2.75) is 18.2 Å². The molecule has 2 nitrogen and oxygen atoms in total. The Balaban J connectivity index is 2.90. The number of hydrogen-bond donors (Lipinski definition) is 1. The molecule has 0 aliphatic heterocycles. The molecule has 1 N–H and O–H groups in total. The Hall–Kier alpha value is 0.190. The SMILES string of the molecule is CC(C)(Br)C(=O)Nc1cc(I)ccc1Cl. The van der Waals surface area contributed by atoms with Gasteiger partial charge in [0.1, 0.15) is 0 Å². The minimum absolute atomic E-state index is 0.119. The molecule has 1 rings (SSSR count). The lowest BCUT2D eigenvalue weighted by atomic mass is 10.2. The normalized spacial score (nSPS) is 11.3. The van der Waals surface area contributed by atoms with Crippen molar-refractivity contribution in [3.05, 3.63) is 26.8 Å². The minimum Gasteiger partial charge on any atom is -0.324 e. The number of halogens is 3. The van der Waals surface area contributed by atoms with Gasteiger partial charge in [-0.3, -0.25) is 4.79 Å². The molecule has 0 saturated heterocycles. The molecule has 1 aromatic rings. The van der Waals surface area contributed by atoms with E-state index in [0.29, 0.717) is 10.7 Å². The summed E-state index contributed by atoms with van der Waals surface area (Å²) >= 11 is 11.4. The Kier molecular flexibility index (Phi) is 4.43. The van der Waals surface area contributed by atoms with Gasteiger partial charge in [0, 0.05) is 3.57 Å². The van der Waals surface area contributed by atoms with E-state index in [-0.39, 0.29) is 5.91 Å². The standard InChI is InChI=1S/C10H10BrClINO/c1-10(2,11)9(15)14-8-5-6(13)3-4-7(8)12/h3-5H,1-2H3,(H,14,15). The van der Waals surface area contributed by atoms with E-state index in [1.165, 1.54) is 0 Å². The first kappa shape index (κ1) is 13.3. The van der Waals surface area contributed by atoms with E-state index in [1.807, 2.05) is 12.1 Å². The average molecular weight is 402 g/mol. The van der Waals surface area contributed by atoms with Crippen LogP contribution in [0.2, 0.25) is 5.02 Å². The highest BCUT2D eigenvalue weighted by Crippen LogP contribution is 2.26. The molecule has 1 aromatic carbocycles. The van der Waals surface area contributed by atoms with Crippen molar-refractivity contribution in [1.29, 1.82) is 0 Å². The van der Waals surface area contributed by atoms with E-state index in [0.717, 1.165) is 3.57 Å². The van der Waals surface area contributed by atoms with Crippen LogP contribution in [-0.2, 0) is 4.79 Å². The Morgan fingerprint density at radius 1 is 1.53 bits per heavy atom. The first-order valence-corrected chi connectivity index (χ1v) is 6.51. The molecule has 0 spiro atoms. The number of benzene rings is 1. The van der Waals surface area contributed by atoms with Crippen LogP contribution < -0.4 is 5.32 Å². The molecule has 0 fully saturated rings. The number of carbonyl (C=O) groups excluding carboxylic acids is 1. The van der Waals surface area contributed by atoms with Gasteiger partial charge < -0.3 is 5.32 Å². The monoisotopic (exact) mass is 401 g/mol. The third kappa shape index (κ3) is 3.92. The van der Waals surface area contributed by atoms with E-state index in [9.17, 15) is 4.79 Å². The zero-order chi connectivity index (χ0) is 11.6. The van der Waals surface area contributed by atoms with E-state index in [1.54, 1.807) is 19.9 Å². The van der Waals surface area contributed by atoms with Crippen LogP contribution in [0.5, 0.6) is 0 Å². The molecule has 0 saturated carbocycles. The second-order valence-corrected chi connectivity index (χ2v) is 7.19. The number of rotatable bonds is 2. The summed E-state index contributed by atoms with van der Waals surface area (Å²) in [5, 5.41) is 3.31. The Morgan fingerprint density at radius 3 is 2.67 bits per heavy atom. The fourth-order valence-electron chi connectivity index (χ4n) is 0.864. The predicted molar refractivity (Wildman–Crippen MR) is 75.8 cm³/mol. The summed E-state index contributed by atoms with van der Waals surface area (Å²) in [6.45, 7) is 3.56. The molecule has 0 radical (unpaired) electrons. The van der Waals surface area contributed by atoms with Crippen LogP contribution in [0.4, 0.5) is 5.69 Å². The first-order chi connectivity index (χ1) is 6.80. The largest absolute Gasteiger partial charge is 0.324 e. The topological polar surface area (TPSA) is 29.1 Å². The highest BCUT2D eigenvalue weighted by Gasteiger charge is 2.24. The molecular formula is C10H10BrClINO. The zero-order valence-corrected chi connectivity index (χ0v) is 12.8. The average Bonchev–Trinajstić information content (AvgIpc) is 2.09. The Labute approximate surface area is 116 Å². The van der Waals surface area contributed by atoms with Crippen molar-refractivity contribution in [3.63, 3.8) is 0 Å². The second kappa shape index (κ2) is 5.01. The quantitative estimate of drug-likeness (QED) is 0.587. The number of anilines is 1. The van der Waals surface area contributed by atoms with E-state index in [4.69, 9.17) is 11.6 Å². The van der Waals surface area contributed by atoms with Gasteiger partial charge in [-0.15, -0.1) is 0 Å². The number of hydrogen-bond acceptors (Lipinski definition) is 1. The van der Waals surface area contributed by atoms with Gasteiger partial charge in [0.2, 0.25) is 5.91 Å². The third-order valence-electron chi connectivity index (χ3n) is 1.72. The van der Waals surface area contributed by atoms with Crippen molar-refractivity contribution < 1.29 is 4.79 Å². The maximum Gasteiger partial charge on any atom is 0.240 e. The first-order valence-electron chi connectivity index (χ1n) is 4.26. The van der Waals surface area contributed by atoms with Crippen LogP contribution in [0.3, 0.4) is 0 Å².